The molecule has 5 nitrogen and oxygen atoms in total. The van der Waals surface area contributed by atoms with Crippen molar-refractivity contribution in [3.63, 3.8) is 0 Å². The molecule has 0 fully saturated rings. The second kappa shape index (κ2) is 9.49. The molecule has 2 aromatic heterocycles. The van der Waals surface area contributed by atoms with Crippen molar-refractivity contribution in [3.05, 3.63) is 93.9 Å². The Bertz CT molecular complexity index is 1300. The number of nitrogens with one attached hydrogen (secondary N) is 1. The Balaban J connectivity index is 1.47. The number of benzene rings is 2. The number of halogens is 2. The van der Waals surface area contributed by atoms with Gasteiger partial charge in [-0.25, -0.2) is 0 Å². The number of carbonyl (C=O) groups is 1. The predicted molar refractivity (Wildman–Crippen MR) is 127 cm³/mol. The number of anilines is 1. The minimum atomic E-state index is -0.303. The van der Waals surface area contributed by atoms with Crippen LogP contribution in [0, 0.1) is 6.92 Å². The first-order chi connectivity index (χ1) is 15.4. The number of hydrogen-bond donors (Lipinski definition) is 2. The fourth-order valence-electron chi connectivity index (χ4n) is 3.14. The van der Waals surface area contributed by atoms with Crippen LogP contribution < -0.4 is 5.32 Å². The summed E-state index contributed by atoms with van der Waals surface area (Å²) in [6, 6.07) is 17.8. The summed E-state index contributed by atoms with van der Waals surface area (Å²) in [5.74, 6) is 1.88. The van der Waals surface area contributed by atoms with Crippen molar-refractivity contribution in [2.45, 2.75) is 13.5 Å². The summed E-state index contributed by atoms with van der Waals surface area (Å²) in [4.78, 5) is 12.5. The van der Waals surface area contributed by atoms with Crippen molar-refractivity contribution in [3.8, 4) is 22.6 Å². The van der Waals surface area contributed by atoms with Gasteiger partial charge in [0.2, 0.25) is 5.91 Å². The zero-order valence-corrected chi connectivity index (χ0v) is 18.6. The van der Waals surface area contributed by atoms with Gasteiger partial charge in [-0.2, -0.15) is 0 Å². The van der Waals surface area contributed by atoms with E-state index in [1.54, 1.807) is 48.5 Å². The summed E-state index contributed by atoms with van der Waals surface area (Å²) >= 11 is 12.2. The van der Waals surface area contributed by atoms with Gasteiger partial charge in [-0.1, -0.05) is 35.3 Å². The summed E-state index contributed by atoms with van der Waals surface area (Å²) in [5, 5.41) is 13.1. The zero-order chi connectivity index (χ0) is 22.7. The molecule has 2 N–H and O–H groups in total. The van der Waals surface area contributed by atoms with Gasteiger partial charge < -0.3 is 19.3 Å². The Hall–Kier alpha value is -3.25. The average molecular weight is 468 g/mol. The van der Waals surface area contributed by atoms with E-state index < -0.39 is 0 Å². The van der Waals surface area contributed by atoms with Crippen LogP contribution in [0.2, 0.25) is 10.0 Å². The van der Waals surface area contributed by atoms with E-state index in [9.17, 15) is 9.90 Å². The lowest BCUT2D eigenvalue weighted by atomic mass is 10.1. The SMILES string of the molecule is Cc1ccc(-c2ccc(CO)o2)cc1NC(=O)/C=C/c1ccc(-c2ccc(Cl)cc2Cl)o1. The van der Waals surface area contributed by atoms with Gasteiger partial charge in [0.15, 0.2) is 0 Å². The minimum absolute atomic E-state index is 0.168. The molecule has 0 saturated carbocycles. The van der Waals surface area contributed by atoms with Gasteiger partial charge in [0.05, 0.1) is 5.02 Å². The first-order valence-corrected chi connectivity index (χ1v) is 10.5. The maximum absolute atomic E-state index is 12.5. The van der Waals surface area contributed by atoms with Crippen LogP contribution in [0.4, 0.5) is 5.69 Å². The van der Waals surface area contributed by atoms with Crippen molar-refractivity contribution < 1.29 is 18.7 Å². The molecule has 0 aliphatic heterocycles. The molecule has 4 rings (SSSR count). The van der Waals surface area contributed by atoms with E-state index >= 15 is 0 Å². The van der Waals surface area contributed by atoms with E-state index in [2.05, 4.69) is 5.32 Å². The van der Waals surface area contributed by atoms with Crippen LogP contribution in [-0.2, 0) is 11.4 Å². The molecule has 4 aromatic rings. The quantitative estimate of drug-likeness (QED) is 0.300. The normalized spacial score (nSPS) is 11.2. The summed E-state index contributed by atoms with van der Waals surface area (Å²) in [6.07, 6.45) is 2.98. The number of furan rings is 2. The van der Waals surface area contributed by atoms with Crippen molar-refractivity contribution >= 4 is 40.9 Å². The van der Waals surface area contributed by atoms with E-state index in [-0.39, 0.29) is 12.5 Å². The number of hydrogen-bond acceptors (Lipinski definition) is 4. The highest BCUT2D eigenvalue weighted by atomic mass is 35.5. The number of aliphatic hydroxyl groups is 1. The van der Waals surface area contributed by atoms with Gasteiger partial charge >= 0.3 is 0 Å². The first-order valence-electron chi connectivity index (χ1n) is 9.78. The fourth-order valence-corrected chi connectivity index (χ4v) is 3.64. The monoisotopic (exact) mass is 467 g/mol. The number of carbonyl (C=O) groups excluding carboxylic acids is 1. The molecule has 0 atom stereocenters. The number of rotatable bonds is 6. The zero-order valence-electron chi connectivity index (χ0n) is 17.1. The molecule has 0 spiro atoms. The number of aryl methyl sites for hydroxylation is 1. The maximum Gasteiger partial charge on any atom is 0.248 e. The highest BCUT2D eigenvalue weighted by Gasteiger charge is 2.10. The summed E-state index contributed by atoms with van der Waals surface area (Å²) < 4.78 is 11.3. The first kappa shape index (κ1) is 22.0. The van der Waals surface area contributed by atoms with Gasteiger partial charge in [-0.15, -0.1) is 0 Å². The predicted octanol–water partition coefficient (Wildman–Crippen LogP) is 6.97. The lowest BCUT2D eigenvalue weighted by Crippen LogP contribution is -2.09. The van der Waals surface area contributed by atoms with Gasteiger partial charge in [-0.05, 0) is 67.1 Å². The molecule has 0 aliphatic carbocycles. The minimum Gasteiger partial charge on any atom is -0.459 e. The molecule has 2 aromatic carbocycles. The lowest BCUT2D eigenvalue weighted by Gasteiger charge is -2.08. The van der Waals surface area contributed by atoms with Crippen molar-refractivity contribution in [1.82, 2.24) is 0 Å². The van der Waals surface area contributed by atoms with Crippen LogP contribution in [0.25, 0.3) is 28.7 Å². The molecular weight excluding hydrogens is 449 g/mol. The lowest BCUT2D eigenvalue weighted by molar-refractivity contribution is -0.111. The summed E-state index contributed by atoms with van der Waals surface area (Å²) in [6.45, 7) is 1.73. The molecular formula is C25H19Cl2NO4. The van der Waals surface area contributed by atoms with Gasteiger partial charge in [0.1, 0.15) is 29.6 Å². The highest BCUT2D eigenvalue weighted by Crippen LogP contribution is 2.32. The van der Waals surface area contributed by atoms with Gasteiger partial charge in [0, 0.05) is 27.9 Å². The summed E-state index contributed by atoms with van der Waals surface area (Å²) in [7, 11) is 0. The Labute approximate surface area is 194 Å². The van der Waals surface area contributed by atoms with Crippen molar-refractivity contribution in [2.24, 2.45) is 0 Å². The Morgan fingerprint density at radius 1 is 1.00 bits per heavy atom. The molecule has 7 heteroatoms. The molecule has 0 saturated heterocycles. The maximum atomic E-state index is 12.5. The van der Waals surface area contributed by atoms with Crippen LogP contribution in [0.3, 0.4) is 0 Å². The second-order valence-electron chi connectivity index (χ2n) is 7.10. The Kier molecular flexibility index (Phi) is 6.51. The summed E-state index contributed by atoms with van der Waals surface area (Å²) in [5.41, 5.74) is 3.08. The van der Waals surface area contributed by atoms with E-state index in [4.69, 9.17) is 32.0 Å². The van der Waals surface area contributed by atoms with Crippen molar-refractivity contribution in [2.75, 3.05) is 5.32 Å². The van der Waals surface area contributed by atoms with E-state index in [0.29, 0.717) is 38.8 Å². The van der Waals surface area contributed by atoms with E-state index in [1.807, 2.05) is 25.1 Å². The van der Waals surface area contributed by atoms with E-state index in [1.165, 1.54) is 6.08 Å². The van der Waals surface area contributed by atoms with Gasteiger partial charge in [0.25, 0.3) is 0 Å². The Morgan fingerprint density at radius 3 is 2.56 bits per heavy atom. The molecule has 162 valence electrons. The van der Waals surface area contributed by atoms with Crippen LogP contribution in [0.5, 0.6) is 0 Å². The number of amides is 1. The van der Waals surface area contributed by atoms with Crippen LogP contribution in [-0.4, -0.2) is 11.0 Å². The topological polar surface area (TPSA) is 75.6 Å². The van der Waals surface area contributed by atoms with Gasteiger partial charge in [-0.3, -0.25) is 4.79 Å². The van der Waals surface area contributed by atoms with Crippen LogP contribution in [0.1, 0.15) is 17.1 Å². The molecule has 32 heavy (non-hydrogen) atoms. The molecule has 0 bridgehead atoms. The molecule has 2 heterocycles. The third kappa shape index (κ3) is 4.97. The highest BCUT2D eigenvalue weighted by molar-refractivity contribution is 6.36. The largest absolute Gasteiger partial charge is 0.459 e. The number of aliphatic hydroxyl groups excluding tert-OH is 1. The molecule has 0 aliphatic rings. The third-order valence-electron chi connectivity index (χ3n) is 4.82. The second-order valence-corrected chi connectivity index (χ2v) is 7.95. The smallest absolute Gasteiger partial charge is 0.248 e. The molecule has 0 unspecified atom stereocenters. The molecule has 0 radical (unpaired) electrons. The van der Waals surface area contributed by atoms with Crippen LogP contribution in [0.15, 0.2) is 75.6 Å². The third-order valence-corrected chi connectivity index (χ3v) is 5.37. The fraction of sp³-hybridized carbons (Fsp3) is 0.0800. The Morgan fingerprint density at radius 2 is 1.81 bits per heavy atom. The van der Waals surface area contributed by atoms with Crippen LogP contribution >= 0.6 is 23.2 Å². The van der Waals surface area contributed by atoms with E-state index in [0.717, 1.165) is 16.7 Å². The molecule has 1 amide bonds. The van der Waals surface area contributed by atoms with Crippen molar-refractivity contribution in [1.29, 1.82) is 0 Å². The average Bonchev–Trinajstić information content (AvgIpc) is 3.43. The standard InChI is InChI=1S/C25H19Cl2NO4/c1-15-2-3-16(23-9-6-19(14-29)32-23)12-22(15)28-25(30)11-7-18-5-10-24(31-18)20-8-4-17(26)13-21(20)27/h2-13,29H,14H2,1H3,(H,28,30)/b11-7+.